The number of ether oxygens (including phenoxy) is 1. The Morgan fingerprint density at radius 2 is 1.61 bits per heavy atom. The van der Waals surface area contributed by atoms with Gasteiger partial charge in [-0.3, -0.25) is 0 Å². The molecule has 0 fully saturated rings. The number of benzene rings is 2. The van der Waals surface area contributed by atoms with Crippen molar-refractivity contribution < 1.29 is 9.53 Å². The molecule has 2 N–H and O–H groups in total. The Labute approximate surface area is 137 Å². The SMILES string of the molecule is Cc1ccc(C)c(NC(=O)NCOc2c(C)ccc(C)c2C)c1. The fourth-order valence-corrected chi connectivity index (χ4v) is 2.36. The molecule has 2 rings (SSSR count). The Balaban J connectivity index is 1.93. The van der Waals surface area contributed by atoms with Crippen molar-refractivity contribution in [3.05, 3.63) is 58.1 Å². The topological polar surface area (TPSA) is 50.4 Å². The predicted molar refractivity (Wildman–Crippen MR) is 94.2 cm³/mol. The first-order valence-electron chi connectivity index (χ1n) is 7.70. The van der Waals surface area contributed by atoms with E-state index in [-0.39, 0.29) is 12.8 Å². The number of nitrogens with one attached hydrogen (secondary N) is 2. The molecule has 4 nitrogen and oxygen atoms in total. The lowest BCUT2D eigenvalue weighted by molar-refractivity contribution is 0.234. The van der Waals surface area contributed by atoms with Gasteiger partial charge in [0.05, 0.1) is 0 Å². The van der Waals surface area contributed by atoms with Crippen molar-refractivity contribution in [2.75, 3.05) is 12.0 Å². The lowest BCUT2D eigenvalue weighted by Gasteiger charge is -2.15. The zero-order valence-electron chi connectivity index (χ0n) is 14.4. The maximum atomic E-state index is 12.0. The summed E-state index contributed by atoms with van der Waals surface area (Å²) in [7, 11) is 0. The van der Waals surface area contributed by atoms with Gasteiger partial charge in [0.1, 0.15) is 5.75 Å². The van der Waals surface area contributed by atoms with Crippen LogP contribution in [0, 0.1) is 34.6 Å². The smallest absolute Gasteiger partial charge is 0.321 e. The predicted octanol–water partition coefficient (Wildman–Crippen LogP) is 4.39. The standard InChI is InChI=1S/C19H24N2O2/c1-12-6-7-14(3)17(10-12)21-19(22)20-11-23-18-15(4)9-8-13(2)16(18)5/h6-10H,11H2,1-5H3,(H2,20,21,22). The number of rotatable bonds is 4. The third-order valence-electron chi connectivity index (χ3n) is 3.96. The fraction of sp³-hybridized carbons (Fsp3) is 0.316. The van der Waals surface area contributed by atoms with Crippen molar-refractivity contribution in [3.8, 4) is 5.75 Å². The molecule has 2 aromatic carbocycles. The molecule has 0 aromatic heterocycles. The number of hydrogen-bond donors (Lipinski definition) is 2. The van der Waals surface area contributed by atoms with Crippen LogP contribution < -0.4 is 15.4 Å². The number of carbonyl (C=O) groups excluding carboxylic acids is 1. The minimum atomic E-state index is -0.276. The highest BCUT2D eigenvalue weighted by Gasteiger charge is 2.08. The highest BCUT2D eigenvalue weighted by Crippen LogP contribution is 2.25. The molecule has 2 amide bonds. The number of aryl methyl sites for hydroxylation is 4. The van der Waals surface area contributed by atoms with E-state index in [1.54, 1.807) is 0 Å². The van der Waals surface area contributed by atoms with Gasteiger partial charge in [-0.2, -0.15) is 0 Å². The third kappa shape index (κ3) is 4.25. The van der Waals surface area contributed by atoms with Gasteiger partial charge >= 0.3 is 6.03 Å². The minimum Gasteiger partial charge on any atom is -0.473 e. The molecule has 0 saturated carbocycles. The number of amides is 2. The van der Waals surface area contributed by atoms with Crippen LogP contribution in [-0.4, -0.2) is 12.8 Å². The van der Waals surface area contributed by atoms with Gasteiger partial charge in [-0.25, -0.2) is 4.79 Å². The molecular weight excluding hydrogens is 288 g/mol. The molecule has 0 aliphatic carbocycles. The van der Waals surface area contributed by atoms with Crippen molar-refractivity contribution in [1.29, 1.82) is 0 Å². The first-order chi connectivity index (χ1) is 10.9. The van der Waals surface area contributed by atoms with E-state index >= 15 is 0 Å². The maximum absolute atomic E-state index is 12.0. The Kier molecular flexibility index (Phi) is 5.27. The van der Waals surface area contributed by atoms with Gasteiger partial charge in [-0.15, -0.1) is 0 Å². The quantitative estimate of drug-likeness (QED) is 0.823. The summed E-state index contributed by atoms with van der Waals surface area (Å²) >= 11 is 0. The second-order valence-electron chi connectivity index (χ2n) is 5.89. The molecule has 23 heavy (non-hydrogen) atoms. The van der Waals surface area contributed by atoms with Crippen LogP contribution in [0.5, 0.6) is 5.75 Å². The lowest BCUT2D eigenvalue weighted by Crippen LogP contribution is -2.32. The molecule has 122 valence electrons. The molecule has 0 heterocycles. The van der Waals surface area contributed by atoms with Crippen LogP contribution >= 0.6 is 0 Å². The van der Waals surface area contributed by atoms with E-state index in [0.29, 0.717) is 0 Å². The number of urea groups is 1. The second-order valence-corrected chi connectivity index (χ2v) is 5.89. The highest BCUT2D eigenvalue weighted by atomic mass is 16.5. The molecule has 0 unspecified atom stereocenters. The molecule has 0 bridgehead atoms. The number of carbonyl (C=O) groups is 1. The van der Waals surface area contributed by atoms with Gasteiger partial charge in [0.25, 0.3) is 0 Å². The van der Waals surface area contributed by atoms with E-state index in [9.17, 15) is 4.79 Å². The Morgan fingerprint density at radius 3 is 2.35 bits per heavy atom. The summed E-state index contributed by atoms with van der Waals surface area (Å²) in [6.07, 6.45) is 0. The van der Waals surface area contributed by atoms with Crippen LogP contribution in [0.2, 0.25) is 0 Å². The second kappa shape index (κ2) is 7.18. The Morgan fingerprint density at radius 1 is 0.957 bits per heavy atom. The summed E-state index contributed by atoms with van der Waals surface area (Å²) in [5.41, 5.74) is 6.27. The van der Waals surface area contributed by atoms with Crippen molar-refractivity contribution >= 4 is 11.7 Å². The van der Waals surface area contributed by atoms with Gasteiger partial charge in [-0.1, -0.05) is 24.3 Å². The van der Waals surface area contributed by atoms with Crippen LogP contribution in [0.3, 0.4) is 0 Å². The molecule has 0 atom stereocenters. The average Bonchev–Trinajstić information content (AvgIpc) is 2.50. The molecule has 0 spiro atoms. The molecule has 0 aliphatic heterocycles. The number of anilines is 1. The van der Waals surface area contributed by atoms with Gasteiger partial charge in [0.15, 0.2) is 6.73 Å². The lowest BCUT2D eigenvalue weighted by atomic mass is 10.1. The van der Waals surface area contributed by atoms with Crippen molar-refractivity contribution in [2.24, 2.45) is 0 Å². The largest absolute Gasteiger partial charge is 0.473 e. The molecule has 4 heteroatoms. The first-order valence-corrected chi connectivity index (χ1v) is 7.70. The Bertz CT molecular complexity index is 724. The van der Waals surface area contributed by atoms with E-state index in [0.717, 1.165) is 33.7 Å². The van der Waals surface area contributed by atoms with Crippen LogP contribution in [0.25, 0.3) is 0 Å². The van der Waals surface area contributed by atoms with Crippen LogP contribution in [0.4, 0.5) is 10.5 Å². The summed E-state index contributed by atoms with van der Waals surface area (Å²) < 4.78 is 5.74. The fourth-order valence-electron chi connectivity index (χ4n) is 2.36. The summed E-state index contributed by atoms with van der Waals surface area (Å²) in [4.78, 5) is 12.0. The monoisotopic (exact) mass is 312 g/mol. The maximum Gasteiger partial charge on any atom is 0.321 e. The van der Waals surface area contributed by atoms with Crippen molar-refractivity contribution in [2.45, 2.75) is 34.6 Å². The third-order valence-corrected chi connectivity index (χ3v) is 3.96. The molecular formula is C19H24N2O2. The van der Waals surface area contributed by atoms with Crippen molar-refractivity contribution in [3.63, 3.8) is 0 Å². The summed E-state index contributed by atoms with van der Waals surface area (Å²) in [5, 5.41) is 5.58. The minimum absolute atomic E-state index is 0.127. The van der Waals surface area contributed by atoms with E-state index in [1.807, 2.05) is 58.9 Å². The van der Waals surface area contributed by atoms with Crippen LogP contribution in [0.1, 0.15) is 27.8 Å². The zero-order valence-corrected chi connectivity index (χ0v) is 14.4. The van der Waals surface area contributed by atoms with Crippen LogP contribution in [-0.2, 0) is 0 Å². The molecule has 0 saturated heterocycles. The highest BCUT2D eigenvalue weighted by molar-refractivity contribution is 5.90. The normalized spacial score (nSPS) is 10.3. The van der Waals surface area contributed by atoms with E-state index in [4.69, 9.17) is 4.74 Å². The van der Waals surface area contributed by atoms with Crippen molar-refractivity contribution in [1.82, 2.24) is 5.32 Å². The average molecular weight is 312 g/mol. The van der Waals surface area contributed by atoms with E-state index in [2.05, 4.69) is 16.7 Å². The van der Waals surface area contributed by atoms with Gasteiger partial charge in [-0.05, 0) is 68.5 Å². The van der Waals surface area contributed by atoms with Gasteiger partial charge in [0.2, 0.25) is 0 Å². The van der Waals surface area contributed by atoms with E-state index < -0.39 is 0 Å². The Hall–Kier alpha value is -2.49. The molecule has 0 aliphatic rings. The summed E-state index contributed by atoms with van der Waals surface area (Å²) in [6, 6.07) is 9.77. The summed E-state index contributed by atoms with van der Waals surface area (Å²) in [6.45, 7) is 10.1. The molecule has 0 radical (unpaired) electrons. The summed E-state index contributed by atoms with van der Waals surface area (Å²) in [5.74, 6) is 0.831. The molecule has 2 aromatic rings. The van der Waals surface area contributed by atoms with Crippen LogP contribution in [0.15, 0.2) is 30.3 Å². The van der Waals surface area contributed by atoms with Gasteiger partial charge in [0, 0.05) is 5.69 Å². The number of hydrogen-bond acceptors (Lipinski definition) is 2. The first kappa shape index (κ1) is 16.9. The van der Waals surface area contributed by atoms with E-state index in [1.165, 1.54) is 5.56 Å². The van der Waals surface area contributed by atoms with Gasteiger partial charge < -0.3 is 15.4 Å². The zero-order chi connectivity index (χ0) is 17.0.